The van der Waals surface area contributed by atoms with E-state index >= 15 is 0 Å². The molecule has 12 heteroatoms. The van der Waals surface area contributed by atoms with Gasteiger partial charge in [-0.25, -0.2) is 10.1 Å². The Morgan fingerprint density at radius 3 is 2.74 bits per heavy atom. The summed E-state index contributed by atoms with van der Waals surface area (Å²) in [5.41, 5.74) is 10.5. The molecule has 1 amide bonds. The Labute approximate surface area is 180 Å². The number of aryl methyl sites for hydroxylation is 1. The van der Waals surface area contributed by atoms with Crippen molar-refractivity contribution in [1.82, 2.24) is 30.7 Å². The number of nitrogens with zero attached hydrogens (tertiary/aromatic N) is 6. The molecule has 4 aromatic rings. The topological polar surface area (TPSA) is 150 Å². The third-order valence-corrected chi connectivity index (χ3v) is 5.30. The van der Waals surface area contributed by atoms with Crippen molar-refractivity contribution in [3.63, 3.8) is 0 Å². The fraction of sp³-hybridized carbons (Fsp3) is 0.158. The molecule has 0 aliphatic carbocycles. The molecule has 0 fully saturated rings. The highest BCUT2D eigenvalue weighted by Gasteiger charge is 2.24. The molecule has 0 unspecified atom stereocenters. The molecule has 0 saturated carbocycles. The van der Waals surface area contributed by atoms with Gasteiger partial charge in [-0.3, -0.25) is 4.79 Å². The predicted octanol–water partition coefficient (Wildman–Crippen LogP) is 2.58. The van der Waals surface area contributed by atoms with Crippen LogP contribution in [0.4, 0.5) is 5.82 Å². The number of thioether (sulfide) groups is 1. The van der Waals surface area contributed by atoms with Crippen molar-refractivity contribution in [2.45, 2.75) is 24.5 Å². The summed E-state index contributed by atoms with van der Waals surface area (Å²) in [5, 5.41) is 19.4. The summed E-state index contributed by atoms with van der Waals surface area (Å²) in [6, 6.07) is 11.5. The number of hydrazone groups is 1. The van der Waals surface area contributed by atoms with Gasteiger partial charge in [0.2, 0.25) is 11.6 Å². The molecule has 3 N–H and O–H groups in total. The molecule has 4 rings (SSSR count). The lowest BCUT2D eigenvalue weighted by Crippen LogP contribution is -2.21. The van der Waals surface area contributed by atoms with Gasteiger partial charge in [-0.15, -0.1) is 16.9 Å². The van der Waals surface area contributed by atoms with Crippen molar-refractivity contribution in [2.75, 3.05) is 5.73 Å². The Morgan fingerprint density at radius 2 is 2.06 bits per heavy atom. The largest absolute Gasteiger partial charge is 0.463 e. The zero-order valence-corrected chi connectivity index (χ0v) is 17.5. The van der Waals surface area contributed by atoms with E-state index in [2.05, 4.69) is 35.8 Å². The molecule has 0 atom stereocenters. The summed E-state index contributed by atoms with van der Waals surface area (Å²) >= 11 is 1.51. The van der Waals surface area contributed by atoms with Gasteiger partial charge >= 0.3 is 0 Å². The summed E-state index contributed by atoms with van der Waals surface area (Å²) in [5.74, 6) is 0.560. The molecule has 11 nitrogen and oxygen atoms in total. The average molecular weight is 438 g/mol. The smallest absolute Gasteiger partial charge is 0.293 e. The molecule has 1 aromatic carbocycles. The van der Waals surface area contributed by atoms with Crippen molar-refractivity contribution in [1.29, 1.82) is 0 Å². The molecule has 3 aromatic heterocycles. The summed E-state index contributed by atoms with van der Waals surface area (Å²) in [4.78, 5) is 13.8. The van der Waals surface area contributed by atoms with Gasteiger partial charge in [0, 0.05) is 10.6 Å². The molecular formula is C19H18N8O3S. The molecule has 158 valence electrons. The zero-order chi connectivity index (χ0) is 21.8. The number of nitrogens with one attached hydrogen (secondary N) is 1. The van der Waals surface area contributed by atoms with Crippen LogP contribution in [-0.4, -0.2) is 36.9 Å². The van der Waals surface area contributed by atoms with Gasteiger partial charge < -0.3 is 10.2 Å². The van der Waals surface area contributed by atoms with Crippen molar-refractivity contribution in [2.24, 2.45) is 5.10 Å². The molecule has 0 spiro atoms. The van der Waals surface area contributed by atoms with E-state index in [1.54, 1.807) is 19.1 Å². The average Bonchev–Trinajstić information content (AvgIpc) is 3.52. The summed E-state index contributed by atoms with van der Waals surface area (Å²) in [6.07, 6.45) is 1.53. The van der Waals surface area contributed by atoms with E-state index in [4.69, 9.17) is 10.2 Å². The Balaban J connectivity index is 1.61. The summed E-state index contributed by atoms with van der Waals surface area (Å²) < 4.78 is 11.3. The molecule has 0 aliphatic rings. The first-order chi connectivity index (χ1) is 15.0. The van der Waals surface area contributed by atoms with Gasteiger partial charge in [0.05, 0.1) is 12.0 Å². The van der Waals surface area contributed by atoms with Crippen LogP contribution in [0.2, 0.25) is 0 Å². The predicted molar refractivity (Wildman–Crippen MR) is 113 cm³/mol. The monoisotopic (exact) mass is 438 g/mol. The number of anilines is 1. The van der Waals surface area contributed by atoms with Crippen LogP contribution in [0.25, 0.3) is 5.82 Å². The van der Waals surface area contributed by atoms with Crippen LogP contribution in [0.3, 0.4) is 0 Å². The maximum absolute atomic E-state index is 12.8. The minimum Gasteiger partial charge on any atom is -0.463 e. The zero-order valence-electron chi connectivity index (χ0n) is 16.6. The minimum absolute atomic E-state index is 0.0325. The van der Waals surface area contributed by atoms with E-state index in [1.807, 2.05) is 31.2 Å². The number of hydrogen-bond acceptors (Lipinski definition) is 10. The van der Waals surface area contributed by atoms with Gasteiger partial charge in [0.1, 0.15) is 11.5 Å². The highest BCUT2D eigenvalue weighted by molar-refractivity contribution is 7.98. The second-order valence-corrected chi connectivity index (χ2v) is 7.54. The normalized spacial score (nSPS) is 11.6. The first kappa shape index (κ1) is 20.3. The van der Waals surface area contributed by atoms with E-state index < -0.39 is 5.91 Å². The fourth-order valence-corrected chi connectivity index (χ4v) is 3.52. The number of benzene rings is 1. The van der Waals surface area contributed by atoms with Crippen LogP contribution in [0.15, 0.2) is 61.7 Å². The third-order valence-electron chi connectivity index (χ3n) is 4.27. The molecule has 0 aliphatic heterocycles. The molecule has 0 radical (unpaired) electrons. The van der Waals surface area contributed by atoms with E-state index in [0.717, 1.165) is 10.5 Å². The Hall–Kier alpha value is -3.93. The summed E-state index contributed by atoms with van der Waals surface area (Å²) in [6.45, 7) is 3.73. The van der Waals surface area contributed by atoms with E-state index in [1.165, 1.54) is 22.7 Å². The highest BCUT2D eigenvalue weighted by Crippen LogP contribution is 2.26. The fourth-order valence-electron chi connectivity index (χ4n) is 2.63. The maximum atomic E-state index is 12.8. The minimum atomic E-state index is -0.535. The van der Waals surface area contributed by atoms with Crippen LogP contribution < -0.4 is 11.2 Å². The van der Waals surface area contributed by atoms with Crippen LogP contribution in [-0.2, 0) is 5.75 Å². The van der Waals surface area contributed by atoms with Crippen molar-refractivity contribution in [3.8, 4) is 5.82 Å². The first-order valence-corrected chi connectivity index (χ1v) is 10.1. The van der Waals surface area contributed by atoms with Crippen molar-refractivity contribution >= 4 is 29.2 Å². The van der Waals surface area contributed by atoms with Crippen LogP contribution in [0.1, 0.15) is 34.4 Å². The lowest BCUT2D eigenvalue weighted by atomic mass is 10.2. The van der Waals surface area contributed by atoms with Gasteiger partial charge in [0.25, 0.3) is 5.91 Å². The quantitative estimate of drug-likeness (QED) is 0.252. The third kappa shape index (κ3) is 4.48. The lowest BCUT2D eigenvalue weighted by molar-refractivity contribution is 0.0949. The van der Waals surface area contributed by atoms with Crippen LogP contribution >= 0.6 is 11.8 Å². The number of amides is 1. The van der Waals surface area contributed by atoms with E-state index in [9.17, 15) is 4.79 Å². The maximum Gasteiger partial charge on any atom is 0.293 e. The Bertz CT molecular complexity index is 1210. The first-order valence-electron chi connectivity index (χ1n) is 9.14. The van der Waals surface area contributed by atoms with E-state index in [-0.39, 0.29) is 17.3 Å². The Kier molecular flexibility index (Phi) is 5.80. The molecule has 0 saturated heterocycles. The number of rotatable bonds is 7. The van der Waals surface area contributed by atoms with E-state index in [0.29, 0.717) is 22.9 Å². The number of carbonyl (C=O) groups is 1. The molecule has 3 heterocycles. The molecule has 0 bridgehead atoms. The second-order valence-electron chi connectivity index (χ2n) is 6.49. The number of furan rings is 1. The number of hydrogen-bond donors (Lipinski definition) is 2. The number of carbonyl (C=O) groups excluding carboxylic acids is 1. The lowest BCUT2D eigenvalue weighted by Gasteiger charge is -2.06. The molecular weight excluding hydrogens is 420 g/mol. The second kappa shape index (κ2) is 8.83. The Morgan fingerprint density at radius 1 is 1.26 bits per heavy atom. The summed E-state index contributed by atoms with van der Waals surface area (Å²) in [7, 11) is 0. The van der Waals surface area contributed by atoms with Crippen molar-refractivity contribution in [3.05, 3.63) is 65.4 Å². The highest BCUT2D eigenvalue weighted by atomic mass is 32.2. The van der Waals surface area contributed by atoms with Crippen LogP contribution in [0.5, 0.6) is 0 Å². The van der Waals surface area contributed by atoms with Gasteiger partial charge in [0.15, 0.2) is 5.69 Å². The SMILES string of the molecule is CC(=NNC(=O)c1nnn(-c2nonc2N)c1CSc1ccc(C)cc1)c1ccco1. The van der Waals surface area contributed by atoms with Crippen LogP contribution in [0, 0.1) is 6.92 Å². The molecule has 31 heavy (non-hydrogen) atoms. The van der Waals surface area contributed by atoms with Gasteiger partial charge in [-0.1, -0.05) is 22.9 Å². The number of nitrogens with two attached hydrogens (primary N) is 1. The standard InChI is InChI=1S/C19H18N8O3S/c1-11-5-7-13(8-6-11)31-10-14-16(22-26-27(14)18-17(20)24-30-25-18)19(28)23-21-12(2)15-4-3-9-29-15/h3-9H,10H2,1-2H3,(H2,20,24)(H,23,28). The number of aromatic nitrogens is 5. The van der Waals surface area contributed by atoms with Gasteiger partial charge in [-0.2, -0.15) is 9.78 Å². The van der Waals surface area contributed by atoms with Crippen molar-refractivity contribution < 1.29 is 13.8 Å². The number of nitrogen functional groups attached to an aromatic ring is 1. The van der Waals surface area contributed by atoms with Gasteiger partial charge in [-0.05, 0) is 48.4 Å².